The van der Waals surface area contributed by atoms with Gasteiger partial charge in [0.1, 0.15) is 6.04 Å². The lowest BCUT2D eigenvalue weighted by molar-refractivity contribution is -0.139. The summed E-state index contributed by atoms with van der Waals surface area (Å²) in [5.74, 6) is -0.929. The lowest BCUT2D eigenvalue weighted by atomic mass is 10.2. The first-order chi connectivity index (χ1) is 7.54. The maximum Gasteiger partial charge on any atom is 0.328 e. The Kier molecular flexibility index (Phi) is 4.76. The topological polar surface area (TPSA) is 58.6 Å². The quantitative estimate of drug-likeness (QED) is 0.872. The predicted octanol–water partition coefficient (Wildman–Crippen LogP) is 2.27. The van der Waals surface area contributed by atoms with Gasteiger partial charge in [0.25, 0.3) is 0 Å². The van der Waals surface area contributed by atoms with Crippen LogP contribution in [0.3, 0.4) is 0 Å². The van der Waals surface area contributed by atoms with Gasteiger partial charge < -0.3 is 15.2 Å². The number of halogens is 1. The molecule has 1 atom stereocenters. The van der Waals surface area contributed by atoms with E-state index in [-0.39, 0.29) is 6.61 Å². The van der Waals surface area contributed by atoms with Crippen molar-refractivity contribution in [2.45, 2.75) is 13.0 Å². The summed E-state index contributed by atoms with van der Waals surface area (Å²) >= 11 is 3.34. The maximum absolute atomic E-state index is 10.9. The van der Waals surface area contributed by atoms with E-state index in [0.29, 0.717) is 0 Å². The number of benzene rings is 1. The second kappa shape index (κ2) is 5.86. The summed E-state index contributed by atoms with van der Waals surface area (Å²) in [6.07, 6.45) is 0. The third kappa shape index (κ3) is 3.50. The van der Waals surface area contributed by atoms with E-state index in [4.69, 9.17) is 9.84 Å². The molecule has 0 aliphatic carbocycles. The van der Waals surface area contributed by atoms with Crippen molar-refractivity contribution in [2.75, 3.05) is 19.0 Å². The number of carbonyl (C=O) groups is 1. The molecule has 0 heterocycles. The minimum absolute atomic E-state index is 0.126. The van der Waals surface area contributed by atoms with Crippen LogP contribution in [0, 0.1) is 6.92 Å². The van der Waals surface area contributed by atoms with Crippen LogP contribution in [0.15, 0.2) is 22.7 Å². The zero-order chi connectivity index (χ0) is 12.1. The highest BCUT2D eigenvalue weighted by Crippen LogP contribution is 2.21. The maximum atomic E-state index is 10.9. The molecule has 2 N–H and O–H groups in total. The number of rotatable bonds is 5. The summed E-state index contributed by atoms with van der Waals surface area (Å²) in [4.78, 5) is 10.9. The van der Waals surface area contributed by atoms with Gasteiger partial charge in [-0.05, 0) is 24.6 Å². The van der Waals surface area contributed by atoms with Crippen molar-refractivity contribution in [2.24, 2.45) is 0 Å². The molecule has 1 unspecified atom stereocenters. The molecule has 0 aliphatic heterocycles. The zero-order valence-electron chi connectivity index (χ0n) is 9.16. The Bertz CT molecular complexity index is 381. The molecule has 1 aromatic carbocycles. The molecule has 0 fully saturated rings. The van der Waals surface area contributed by atoms with Crippen LogP contribution in [-0.2, 0) is 9.53 Å². The van der Waals surface area contributed by atoms with Gasteiger partial charge in [-0.25, -0.2) is 4.79 Å². The normalized spacial score (nSPS) is 12.2. The first-order valence-corrected chi connectivity index (χ1v) is 5.58. The summed E-state index contributed by atoms with van der Waals surface area (Å²) in [6, 6.07) is 4.93. The van der Waals surface area contributed by atoms with Crippen LogP contribution >= 0.6 is 15.9 Å². The van der Waals surface area contributed by atoms with Crippen molar-refractivity contribution in [3.63, 3.8) is 0 Å². The molecule has 0 spiro atoms. The van der Waals surface area contributed by atoms with E-state index in [1.54, 1.807) is 0 Å². The SMILES string of the molecule is COCC(Nc1cc(Br)ccc1C)C(=O)O. The van der Waals surface area contributed by atoms with Crippen LogP contribution < -0.4 is 5.32 Å². The smallest absolute Gasteiger partial charge is 0.328 e. The molecular weight excluding hydrogens is 274 g/mol. The molecule has 0 saturated carbocycles. The fourth-order valence-corrected chi connectivity index (χ4v) is 1.64. The number of methoxy groups -OCH3 is 1. The van der Waals surface area contributed by atoms with E-state index in [9.17, 15) is 4.79 Å². The van der Waals surface area contributed by atoms with Crippen LogP contribution in [0.4, 0.5) is 5.69 Å². The Balaban J connectivity index is 2.84. The van der Waals surface area contributed by atoms with E-state index < -0.39 is 12.0 Å². The van der Waals surface area contributed by atoms with Crippen molar-refractivity contribution >= 4 is 27.6 Å². The van der Waals surface area contributed by atoms with Crippen LogP contribution in [0.25, 0.3) is 0 Å². The van der Waals surface area contributed by atoms with Crippen LogP contribution in [0.2, 0.25) is 0 Å². The van der Waals surface area contributed by atoms with Crippen molar-refractivity contribution in [3.05, 3.63) is 28.2 Å². The highest BCUT2D eigenvalue weighted by Gasteiger charge is 2.17. The first kappa shape index (κ1) is 13.0. The molecule has 0 saturated heterocycles. The standard InChI is InChI=1S/C11H14BrNO3/c1-7-3-4-8(12)5-9(7)13-10(6-16-2)11(14)15/h3-5,10,13H,6H2,1-2H3,(H,14,15). The second-order valence-corrected chi connectivity index (χ2v) is 4.37. The van der Waals surface area contributed by atoms with E-state index >= 15 is 0 Å². The summed E-state index contributed by atoms with van der Waals surface area (Å²) in [7, 11) is 1.48. The van der Waals surface area contributed by atoms with Gasteiger partial charge in [0.05, 0.1) is 6.61 Å². The summed E-state index contributed by atoms with van der Waals surface area (Å²) < 4.78 is 5.76. The van der Waals surface area contributed by atoms with Gasteiger partial charge in [-0.2, -0.15) is 0 Å². The highest BCUT2D eigenvalue weighted by molar-refractivity contribution is 9.10. The molecule has 16 heavy (non-hydrogen) atoms. The Morgan fingerprint density at radius 2 is 2.31 bits per heavy atom. The number of hydrogen-bond acceptors (Lipinski definition) is 3. The van der Waals surface area contributed by atoms with Gasteiger partial charge in [-0.1, -0.05) is 22.0 Å². The number of carboxylic acid groups (broad SMARTS) is 1. The van der Waals surface area contributed by atoms with E-state index in [0.717, 1.165) is 15.7 Å². The Labute approximate surface area is 103 Å². The van der Waals surface area contributed by atoms with Crippen LogP contribution in [0.1, 0.15) is 5.56 Å². The number of hydrogen-bond donors (Lipinski definition) is 2. The van der Waals surface area contributed by atoms with Crippen LogP contribution in [0.5, 0.6) is 0 Å². The fraction of sp³-hybridized carbons (Fsp3) is 0.364. The predicted molar refractivity (Wildman–Crippen MR) is 65.8 cm³/mol. The number of aryl methyl sites for hydroxylation is 1. The van der Waals surface area contributed by atoms with Crippen molar-refractivity contribution in [1.29, 1.82) is 0 Å². The van der Waals surface area contributed by atoms with E-state index in [1.165, 1.54) is 7.11 Å². The third-order valence-electron chi connectivity index (χ3n) is 2.16. The zero-order valence-corrected chi connectivity index (χ0v) is 10.7. The average Bonchev–Trinajstić information content (AvgIpc) is 2.22. The Morgan fingerprint density at radius 1 is 1.62 bits per heavy atom. The molecule has 88 valence electrons. The molecule has 0 bridgehead atoms. The summed E-state index contributed by atoms with van der Waals surface area (Å²) in [6.45, 7) is 2.04. The Hall–Kier alpha value is -1.07. The number of nitrogens with one attached hydrogen (secondary N) is 1. The van der Waals surface area contributed by atoms with Gasteiger partial charge in [0.2, 0.25) is 0 Å². The summed E-state index contributed by atoms with van der Waals surface area (Å²) in [5.41, 5.74) is 1.78. The largest absolute Gasteiger partial charge is 0.480 e. The lowest BCUT2D eigenvalue weighted by Gasteiger charge is -2.16. The summed E-state index contributed by atoms with van der Waals surface area (Å²) in [5, 5.41) is 11.9. The lowest BCUT2D eigenvalue weighted by Crippen LogP contribution is -2.33. The molecule has 0 aromatic heterocycles. The van der Waals surface area contributed by atoms with Gasteiger partial charge in [-0.15, -0.1) is 0 Å². The molecule has 1 aromatic rings. The number of carboxylic acids is 1. The number of aliphatic carboxylic acids is 1. The second-order valence-electron chi connectivity index (χ2n) is 3.45. The molecule has 0 aliphatic rings. The molecule has 0 radical (unpaired) electrons. The van der Waals surface area contributed by atoms with Gasteiger partial charge >= 0.3 is 5.97 Å². The Morgan fingerprint density at radius 3 is 2.88 bits per heavy atom. The van der Waals surface area contributed by atoms with E-state index in [1.807, 2.05) is 25.1 Å². The molecule has 4 nitrogen and oxygen atoms in total. The molecular formula is C11H14BrNO3. The molecule has 0 amide bonds. The first-order valence-electron chi connectivity index (χ1n) is 4.79. The third-order valence-corrected chi connectivity index (χ3v) is 2.65. The van der Waals surface area contributed by atoms with E-state index in [2.05, 4.69) is 21.2 Å². The van der Waals surface area contributed by atoms with Gasteiger partial charge in [0.15, 0.2) is 0 Å². The monoisotopic (exact) mass is 287 g/mol. The number of anilines is 1. The fourth-order valence-electron chi connectivity index (χ4n) is 1.28. The van der Waals surface area contributed by atoms with Crippen LogP contribution in [-0.4, -0.2) is 30.8 Å². The average molecular weight is 288 g/mol. The molecule has 5 heteroatoms. The van der Waals surface area contributed by atoms with Crippen molar-refractivity contribution in [1.82, 2.24) is 0 Å². The van der Waals surface area contributed by atoms with Gasteiger partial charge in [-0.3, -0.25) is 0 Å². The minimum atomic E-state index is -0.929. The van der Waals surface area contributed by atoms with Gasteiger partial charge in [0, 0.05) is 17.3 Å². The molecule has 1 rings (SSSR count). The van der Waals surface area contributed by atoms with Crippen molar-refractivity contribution < 1.29 is 14.6 Å². The van der Waals surface area contributed by atoms with Crippen molar-refractivity contribution in [3.8, 4) is 0 Å². The number of ether oxygens (including phenoxy) is 1. The minimum Gasteiger partial charge on any atom is -0.480 e. The highest BCUT2D eigenvalue weighted by atomic mass is 79.9.